The summed E-state index contributed by atoms with van der Waals surface area (Å²) in [6.45, 7) is 2.52. The highest BCUT2D eigenvalue weighted by Gasteiger charge is 2.16. The number of hydrogen-bond donors (Lipinski definition) is 1. The number of nitrogens with zero attached hydrogens (tertiary/aromatic N) is 2. The molecule has 0 saturated carbocycles. The van der Waals surface area contributed by atoms with Crippen molar-refractivity contribution in [3.8, 4) is 0 Å². The minimum absolute atomic E-state index is 0.0882. The van der Waals surface area contributed by atoms with Gasteiger partial charge in [0, 0.05) is 13.1 Å². The molecule has 2 heterocycles. The normalized spacial score (nSPS) is 23.0. The number of halogens is 1. The summed E-state index contributed by atoms with van der Waals surface area (Å²) in [4.78, 5) is 8.22. The van der Waals surface area contributed by atoms with Crippen molar-refractivity contribution in [3.05, 3.63) is 21.8 Å². The topological polar surface area (TPSA) is 47.0 Å². The van der Waals surface area contributed by atoms with Crippen molar-refractivity contribution in [2.45, 2.75) is 6.10 Å². The first-order valence-corrected chi connectivity index (χ1v) is 5.24. The molecule has 1 N–H and O–H groups in total. The van der Waals surface area contributed by atoms with Crippen molar-refractivity contribution in [2.75, 3.05) is 19.7 Å². The van der Waals surface area contributed by atoms with Gasteiger partial charge in [0.1, 0.15) is 16.1 Å². The first kappa shape index (κ1) is 9.29. The molecule has 1 saturated heterocycles. The second-order valence-electron chi connectivity index (χ2n) is 2.83. The van der Waals surface area contributed by atoms with Gasteiger partial charge in [0.15, 0.2) is 0 Å². The van der Waals surface area contributed by atoms with Crippen LogP contribution < -0.4 is 5.32 Å². The van der Waals surface area contributed by atoms with Crippen molar-refractivity contribution in [1.29, 1.82) is 0 Å². The molecular formula is C8H10IN3O. The zero-order chi connectivity index (χ0) is 9.10. The molecule has 1 fully saturated rings. The molecule has 1 aromatic rings. The molecule has 13 heavy (non-hydrogen) atoms. The Morgan fingerprint density at radius 2 is 2.46 bits per heavy atom. The summed E-state index contributed by atoms with van der Waals surface area (Å²) in [5.41, 5.74) is 0.964. The SMILES string of the molecule is Ic1cc(C2CNCCO2)ncn1. The van der Waals surface area contributed by atoms with Gasteiger partial charge in [-0.3, -0.25) is 0 Å². The summed E-state index contributed by atoms with van der Waals surface area (Å²) < 4.78 is 6.52. The second kappa shape index (κ2) is 4.30. The number of hydrogen-bond acceptors (Lipinski definition) is 4. The van der Waals surface area contributed by atoms with Crippen molar-refractivity contribution in [2.24, 2.45) is 0 Å². The number of morpholine rings is 1. The van der Waals surface area contributed by atoms with E-state index in [1.807, 2.05) is 6.07 Å². The van der Waals surface area contributed by atoms with Gasteiger partial charge in [-0.15, -0.1) is 0 Å². The Hall–Kier alpha value is -0.270. The number of ether oxygens (including phenoxy) is 1. The summed E-state index contributed by atoms with van der Waals surface area (Å²) in [6, 6.07) is 1.96. The third-order valence-electron chi connectivity index (χ3n) is 1.91. The van der Waals surface area contributed by atoms with Gasteiger partial charge in [-0.05, 0) is 28.7 Å². The van der Waals surface area contributed by atoms with E-state index in [0.29, 0.717) is 0 Å². The van der Waals surface area contributed by atoms with Crippen LogP contribution in [0.2, 0.25) is 0 Å². The zero-order valence-corrected chi connectivity index (χ0v) is 9.19. The van der Waals surface area contributed by atoms with E-state index in [2.05, 4.69) is 37.9 Å². The Morgan fingerprint density at radius 3 is 3.15 bits per heavy atom. The van der Waals surface area contributed by atoms with Crippen molar-refractivity contribution in [3.63, 3.8) is 0 Å². The Morgan fingerprint density at radius 1 is 1.54 bits per heavy atom. The predicted octanol–water partition coefficient (Wildman–Crippen LogP) is 0.742. The molecule has 0 radical (unpaired) electrons. The molecule has 1 aliphatic rings. The third kappa shape index (κ3) is 2.35. The van der Waals surface area contributed by atoms with Gasteiger partial charge < -0.3 is 10.1 Å². The number of aromatic nitrogens is 2. The molecule has 1 atom stereocenters. The van der Waals surface area contributed by atoms with Crippen LogP contribution in [-0.2, 0) is 4.74 Å². The van der Waals surface area contributed by atoms with E-state index in [4.69, 9.17) is 4.74 Å². The highest BCUT2D eigenvalue weighted by Crippen LogP contribution is 2.16. The largest absolute Gasteiger partial charge is 0.369 e. The fourth-order valence-electron chi connectivity index (χ4n) is 1.28. The lowest BCUT2D eigenvalue weighted by atomic mass is 10.2. The summed E-state index contributed by atoms with van der Waals surface area (Å²) in [5, 5.41) is 3.26. The maximum atomic E-state index is 5.56. The highest BCUT2D eigenvalue weighted by molar-refractivity contribution is 14.1. The Labute approximate surface area is 90.2 Å². The molecule has 2 rings (SSSR count). The molecular weight excluding hydrogens is 281 g/mol. The van der Waals surface area contributed by atoms with E-state index >= 15 is 0 Å². The van der Waals surface area contributed by atoms with Gasteiger partial charge in [0.2, 0.25) is 0 Å². The van der Waals surface area contributed by atoms with E-state index in [9.17, 15) is 0 Å². The number of rotatable bonds is 1. The first-order valence-electron chi connectivity index (χ1n) is 4.16. The van der Waals surface area contributed by atoms with Crippen molar-refractivity contribution < 1.29 is 4.74 Å². The maximum absolute atomic E-state index is 5.56. The molecule has 1 aromatic heterocycles. The van der Waals surface area contributed by atoms with Crippen molar-refractivity contribution in [1.82, 2.24) is 15.3 Å². The smallest absolute Gasteiger partial charge is 0.117 e. The molecule has 0 spiro atoms. The van der Waals surface area contributed by atoms with Gasteiger partial charge in [-0.25, -0.2) is 9.97 Å². The fraction of sp³-hybridized carbons (Fsp3) is 0.500. The minimum Gasteiger partial charge on any atom is -0.369 e. The second-order valence-corrected chi connectivity index (χ2v) is 3.93. The summed E-state index contributed by atoms with van der Waals surface area (Å²) in [5.74, 6) is 0. The quantitative estimate of drug-likeness (QED) is 0.612. The Bertz CT molecular complexity index is 288. The van der Waals surface area contributed by atoms with E-state index in [-0.39, 0.29) is 6.10 Å². The van der Waals surface area contributed by atoms with Crippen LogP contribution >= 0.6 is 22.6 Å². The lowest BCUT2D eigenvalue weighted by molar-refractivity contribution is 0.0249. The van der Waals surface area contributed by atoms with Gasteiger partial charge in [-0.2, -0.15) is 0 Å². The van der Waals surface area contributed by atoms with Gasteiger partial charge in [0.05, 0.1) is 12.3 Å². The van der Waals surface area contributed by atoms with E-state index in [0.717, 1.165) is 29.1 Å². The average molecular weight is 291 g/mol. The maximum Gasteiger partial charge on any atom is 0.117 e. The van der Waals surface area contributed by atoms with Crippen LogP contribution in [0, 0.1) is 3.70 Å². The van der Waals surface area contributed by atoms with Crippen LogP contribution in [0.5, 0.6) is 0 Å². The fourth-order valence-corrected chi connectivity index (χ4v) is 1.72. The third-order valence-corrected chi connectivity index (χ3v) is 2.50. The van der Waals surface area contributed by atoms with Crippen LogP contribution in [0.3, 0.4) is 0 Å². The first-order chi connectivity index (χ1) is 6.36. The van der Waals surface area contributed by atoms with Crippen LogP contribution in [-0.4, -0.2) is 29.7 Å². The summed E-state index contributed by atoms with van der Waals surface area (Å²) >= 11 is 2.17. The predicted molar refractivity (Wildman–Crippen MR) is 56.3 cm³/mol. The zero-order valence-electron chi connectivity index (χ0n) is 7.03. The van der Waals surface area contributed by atoms with E-state index in [1.54, 1.807) is 6.33 Å². The average Bonchev–Trinajstić information content (AvgIpc) is 2.19. The molecule has 70 valence electrons. The molecule has 0 aliphatic carbocycles. The van der Waals surface area contributed by atoms with Crippen LogP contribution in [0.4, 0.5) is 0 Å². The van der Waals surface area contributed by atoms with Crippen molar-refractivity contribution >= 4 is 22.6 Å². The lowest BCUT2D eigenvalue weighted by Gasteiger charge is -2.22. The molecule has 1 unspecified atom stereocenters. The molecule has 1 aliphatic heterocycles. The molecule has 4 nitrogen and oxygen atoms in total. The molecule has 0 amide bonds. The van der Waals surface area contributed by atoms with Crippen LogP contribution in [0.15, 0.2) is 12.4 Å². The number of nitrogens with one attached hydrogen (secondary N) is 1. The summed E-state index contributed by atoms with van der Waals surface area (Å²) in [7, 11) is 0. The summed E-state index contributed by atoms with van der Waals surface area (Å²) in [6.07, 6.45) is 1.67. The van der Waals surface area contributed by atoms with Crippen LogP contribution in [0.1, 0.15) is 11.8 Å². The van der Waals surface area contributed by atoms with E-state index in [1.165, 1.54) is 0 Å². The minimum atomic E-state index is 0.0882. The highest BCUT2D eigenvalue weighted by atomic mass is 127. The van der Waals surface area contributed by atoms with Gasteiger partial charge in [0.25, 0.3) is 0 Å². The molecule has 0 aromatic carbocycles. The Kier molecular flexibility index (Phi) is 3.07. The Balaban J connectivity index is 2.14. The monoisotopic (exact) mass is 291 g/mol. The molecule has 0 bridgehead atoms. The molecule has 5 heteroatoms. The van der Waals surface area contributed by atoms with Gasteiger partial charge in [-0.1, -0.05) is 0 Å². The van der Waals surface area contributed by atoms with Crippen LogP contribution in [0.25, 0.3) is 0 Å². The standard InChI is InChI=1S/C8H10IN3O/c9-8-3-6(11-5-12-8)7-4-10-1-2-13-7/h3,5,7,10H,1-2,4H2. The van der Waals surface area contributed by atoms with E-state index < -0.39 is 0 Å². The van der Waals surface area contributed by atoms with Gasteiger partial charge >= 0.3 is 0 Å². The lowest BCUT2D eigenvalue weighted by Crippen LogP contribution is -2.33.